The van der Waals surface area contributed by atoms with Crippen LogP contribution in [0, 0.1) is 0 Å². The highest BCUT2D eigenvalue weighted by Gasteiger charge is 2.09. The summed E-state index contributed by atoms with van der Waals surface area (Å²) in [6.07, 6.45) is 1.95. The molecule has 0 aromatic heterocycles. The maximum Gasteiger partial charge on any atom is 0.163 e. The molecule has 0 aliphatic heterocycles. The molecule has 0 saturated carbocycles. The van der Waals surface area contributed by atoms with E-state index >= 15 is 0 Å². The Bertz CT molecular complexity index is 334. The first-order valence-electron chi connectivity index (χ1n) is 5.35. The molecular weight excluding hydrogens is 272 g/mol. The quantitative estimate of drug-likeness (QED) is 0.475. The third-order valence-electron chi connectivity index (χ3n) is 2.36. The van der Waals surface area contributed by atoms with Crippen LogP contribution < -0.4 is 10.8 Å². The molecule has 90 valence electrons. The normalized spacial score (nSPS) is 12.5. The average Bonchev–Trinajstić information content (AvgIpc) is 2.30. The van der Waals surface area contributed by atoms with Gasteiger partial charge >= 0.3 is 0 Å². The van der Waals surface area contributed by atoms with Gasteiger partial charge in [-0.05, 0) is 28.4 Å². The Labute approximate surface area is 104 Å². The fourth-order valence-corrected chi connectivity index (χ4v) is 2.02. The number of anilines is 1. The Morgan fingerprint density at radius 2 is 2.25 bits per heavy atom. The second-order valence-corrected chi connectivity index (χ2v) is 4.54. The summed E-state index contributed by atoms with van der Waals surface area (Å²) < 4.78 is 0.879. The second-order valence-electron chi connectivity index (χ2n) is 3.68. The van der Waals surface area contributed by atoms with E-state index in [1.165, 1.54) is 0 Å². The molecule has 5 N–H and O–H groups in total. The van der Waals surface area contributed by atoms with Crippen LogP contribution in [0.15, 0.2) is 22.7 Å². The fourth-order valence-electron chi connectivity index (χ4n) is 1.51. The van der Waals surface area contributed by atoms with Crippen LogP contribution in [0.5, 0.6) is 0 Å². The molecule has 0 unspecified atom stereocenters. The Hall–Kier alpha value is -0.620. The van der Waals surface area contributed by atoms with E-state index in [0.29, 0.717) is 0 Å². The van der Waals surface area contributed by atoms with E-state index in [-0.39, 0.29) is 12.6 Å². The van der Waals surface area contributed by atoms with Crippen LogP contribution >= 0.6 is 15.9 Å². The third-order valence-corrected chi connectivity index (χ3v) is 3.02. The summed E-state index contributed by atoms with van der Waals surface area (Å²) in [7, 11) is 0. The molecule has 5 heteroatoms. The van der Waals surface area contributed by atoms with E-state index < -0.39 is 0 Å². The van der Waals surface area contributed by atoms with Crippen molar-refractivity contribution in [1.29, 1.82) is 0 Å². The third kappa shape index (κ3) is 3.75. The zero-order valence-corrected chi connectivity index (χ0v) is 10.9. The molecule has 0 amide bonds. The van der Waals surface area contributed by atoms with Crippen molar-refractivity contribution in [3.05, 3.63) is 22.7 Å². The van der Waals surface area contributed by atoms with Gasteiger partial charge < -0.3 is 10.4 Å². The van der Waals surface area contributed by atoms with Crippen LogP contribution in [0.1, 0.15) is 19.8 Å². The molecule has 0 heterocycles. The highest BCUT2D eigenvalue weighted by atomic mass is 79.9. The molecule has 16 heavy (non-hydrogen) atoms. The van der Waals surface area contributed by atoms with E-state index in [1.54, 1.807) is 0 Å². The maximum atomic E-state index is 9.19. The van der Waals surface area contributed by atoms with Crippen molar-refractivity contribution in [2.45, 2.75) is 25.8 Å². The first-order valence-corrected chi connectivity index (χ1v) is 6.15. The monoisotopic (exact) mass is 289 g/mol. The molecule has 1 aromatic carbocycles. The highest BCUT2D eigenvalue weighted by molar-refractivity contribution is 9.10. The van der Waals surface area contributed by atoms with Crippen molar-refractivity contribution in [3.8, 4) is 0 Å². The zero-order chi connectivity index (χ0) is 12.0. The van der Waals surface area contributed by atoms with E-state index in [4.69, 9.17) is 5.21 Å². The molecule has 1 aromatic rings. The van der Waals surface area contributed by atoms with Gasteiger partial charge in [-0.1, -0.05) is 13.3 Å². The van der Waals surface area contributed by atoms with Gasteiger partial charge in [0.1, 0.15) is 0 Å². The van der Waals surface area contributed by atoms with Crippen molar-refractivity contribution in [2.24, 2.45) is 0 Å². The van der Waals surface area contributed by atoms with Gasteiger partial charge in [0.25, 0.3) is 0 Å². The lowest BCUT2D eigenvalue weighted by atomic mass is 10.1. The molecular formula is C11H18BrN2O2+. The van der Waals surface area contributed by atoms with Crippen molar-refractivity contribution >= 4 is 27.3 Å². The topological polar surface area (TPSA) is 69.1 Å². The van der Waals surface area contributed by atoms with Gasteiger partial charge in [0.2, 0.25) is 0 Å². The minimum atomic E-state index is 0.0743. The van der Waals surface area contributed by atoms with Crippen molar-refractivity contribution in [1.82, 2.24) is 0 Å². The summed E-state index contributed by atoms with van der Waals surface area (Å²) in [4.78, 5) is 0. The van der Waals surface area contributed by atoms with Gasteiger partial charge in [-0.3, -0.25) is 0 Å². The van der Waals surface area contributed by atoms with Gasteiger partial charge in [-0.25, -0.2) is 5.21 Å². The maximum absolute atomic E-state index is 9.19. The van der Waals surface area contributed by atoms with E-state index in [2.05, 4.69) is 28.2 Å². The number of quaternary nitrogens is 1. The molecule has 0 radical (unpaired) electrons. The van der Waals surface area contributed by atoms with Gasteiger partial charge in [0.05, 0.1) is 6.61 Å². The van der Waals surface area contributed by atoms with Crippen LogP contribution in [0.25, 0.3) is 0 Å². The first kappa shape index (κ1) is 13.4. The summed E-state index contributed by atoms with van der Waals surface area (Å²) in [5.41, 5.74) is 2.73. The van der Waals surface area contributed by atoms with Crippen LogP contribution in [0.3, 0.4) is 0 Å². The Morgan fingerprint density at radius 1 is 1.50 bits per heavy atom. The van der Waals surface area contributed by atoms with Crippen molar-refractivity contribution in [3.63, 3.8) is 0 Å². The molecule has 0 fully saturated rings. The fraction of sp³-hybridized carbons (Fsp3) is 0.455. The summed E-state index contributed by atoms with van der Waals surface area (Å²) >= 11 is 3.42. The largest absolute Gasteiger partial charge is 0.394 e. The van der Waals surface area contributed by atoms with Crippen molar-refractivity contribution in [2.75, 3.05) is 11.9 Å². The lowest BCUT2D eigenvalue weighted by molar-refractivity contribution is -0.825. The predicted octanol–water partition coefficient (Wildman–Crippen LogP) is 1.61. The summed E-state index contributed by atoms with van der Waals surface area (Å²) in [5.74, 6) is 0. The zero-order valence-electron chi connectivity index (χ0n) is 9.28. The molecule has 0 saturated heterocycles. The van der Waals surface area contributed by atoms with Crippen molar-refractivity contribution < 1.29 is 15.8 Å². The number of aliphatic hydroxyl groups excluding tert-OH is 1. The Balaban J connectivity index is 2.72. The molecule has 0 spiro atoms. The van der Waals surface area contributed by atoms with Gasteiger partial charge in [-0.2, -0.15) is 5.48 Å². The summed E-state index contributed by atoms with van der Waals surface area (Å²) in [6.45, 7) is 2.21. The summed E-state index contributed by atoms with van der Waals surface area (Å²) in [5, 5.41) is 21.3. The number of nitrogens with one attached hydrogen (secondary N) is 1. The van der Waals surface area contributed by atoms with E-state index in [1.807, 2.05) is 18.2 Å². The number of benzene rings is 1. The lowest BCUT2D eigenvalue weighted by Gasteiger charge is -2.17. The number of halogens is 1. The number of nitrogens with two attached hydrogens (primary N) is 1. The Kier molecular flexibility index (Phi) is 5.76. The predicted molar refractivity (Wildman–Crippen MR) is 66.9 cm³/mol. The number of aliphatic hydroxyl groups is 1. The second kappa shape index (κ2) is 6.85. The minimum Gasteiger partial charge on any atom is -0.394 e. The van der Waals surface area contributed by atoms with Gasteiger partial charge in [-0.15, -0.1) is 0 Å². The molecule has 0 aliphatic carbocycles. The van der Waals surface area contributed by atoms with E-state index in [9.17, 15) is 5.11 Å². The van der Waals surface area contributed by atoms with Crippen LogP contribution in [0.4, 0.5) is 11.4 Å². The average molecular weight is 290 g/mol. The lowest BCUT2D eigenvalue weighted by Crippen LogP contribution is -2.73. The first-order chi connectivity index (χ1) is 7.71. The van der Waals surface area contributed by atoms with Crippen LogP contribution in [-0.4, -0.2) is 23.0 Å². The van der Waals surface area contributed by atoms with Crippen LogP contribution in [0.2, 0.25) is 0 Å². The molecule has 0 bridgehead atoms. The van der Waals surface area contributed by atoms with Gasteiger partial charge in [0, 0.05) is 28.3 Å². The van der Waals surface area contributed by atoms with Gasteiger partial charge in [0.15, 0.2) is 5.69 Å². The SMILES string of the molecule is CCC[C@@H](CO)Nc1ccc([NH2+]O)cc1Br. The standard InChI is InChI=1S/C11H17BrN2O2/c1-2-3-9(7-15)13-11-5-4-8(14-16)6-10(11)12/h4-6,9,13-16H,2-3,7H2,1H3/p+1/t9-/m0/s1. The summed E-state index contributed by atoms with van der Waals surface area (Å²) in [6, 6.07) is 5.59. The minimum absolute atomic E-state index is 0.0743. The molecule has 4 nitrogen and oxygen atoms in total. The highest BCUT2D eigenvalue weighted by Crippen LogP contribution is 2.25. The molecule has 1 atom stereocenters. The van der Waals surface area contributed by atoms with Crippen LogP contribution in [-0.2, 0) is 0 Å². The smallest absolute Gasteiger partial charge is 0.163 e. The molecule has 0 aliphatic rings. The number of hydrogen-bond donors (Lipinski definition) is 4. The Morgan fingerprint density at radius 3 is 2.75 bits per heavy atom. The number of hydrogen-bond acceptors (Lipinski definition) is 3. The van der Waals surface area contributed by atoms with E-state index in [0.717, 1.165) is 34.2 Å². The molecule has 1 rings (SSSR count). The number of rotatable bonds is 6.